The summed E-state index contributed by atoms with van der Waals surface area (Å²) < 4.78 is 15.7. The first-order chi connectivity index (χ1) is 11.9. The van der Waals surface area contributed by atoms with Crippen LogP contribution in [0.25, 0.3) is 0 Å². The number of amides is 1. The van der Waals surface area contributed by atoms with Crippen molar-refractivity contribution in [3.63, 3.8) is 0 Å². The number of anilines is 1. The predicted molar refractivity (Wildman–Crippen MR) is 93.3 cm³/mol. The van der Waals surface area contributed by atoms with Crippen molar-refractivity contribution >= 4 is 11.8 Å². The molecule has 1 aromatic heterocycles. The molecule has 0 aliphatic rings. The summed E-state index contributed by atoms with van der Waals surface area (Å²) in [7, 11) is 2.96. The second kappa shape index (κ2) is 7.57. The van der Waals surface area contributed by atoms with E-state index < -0.39 is 17.4 Å². The van der Waals surface area contributed by atoms with Crippen molar-refractivity contribution in [2.24, 2.45) is 0 Å². The zero-order valence-electron chi connectivity index (χ0n) is 15.1. The van der Waals surface area contributed by atoms with Gasteiger partial charge in [-0.05, 0) is 25.5 Å². The van der Waals surface area contributed by atoms with Gasteiger partial charge in [-0.2, -0.15) is 0 Å². The fourth-order valence-corrected chi connectivity index (χ4v) is 2.54. The van der Waals surface area contributed by atoms with E-state index in [1.807, 2.05) is 13.8 Å². The molecule has 0 spiro atoms. The van der Waals surface area contributed by atoms with Crippen molar-refractivity contribution in [2.75, 3.05) is 19.5 Å². The molecule has 1 aromatic carbocycles. The maximum atomic E-state index is 12.6. The highest BCUT2D eigenvalue weighted by Crippen LogP contribution is 2.33. The lowest BCUT2D eigenvalue weighted by Crippen LogP contribution is -2.34. The first kappa shape index (κ1) is 18.8. The fourth-order valence-electron chi connectivity index (χ4n) is 2.54. The average molecular weight is 348 g/mol. The van der Waals surface area contributed by atoms with Gasteiger partial charge in [0.15, 0.2) is 0 Å². The molecule has 2 atom stereocenters. The van der Waals surface area contributed by atoms with Crippen LogP contribution in [0.5, 0.6) is 11.5 Å². The number of carbonyl (C=O) groups excluding carboxylic acids is 1. The van der Waals surface area contributed by atoms with Crippen molar-refractivity contribution in [3.05, 3.63) is 35.5 Å². The number of aliphatic hydroxyl groups is 1. The summed E-state index contributed by atoms with van der Waals surface area (Å²) in [6.07, 6.45) is 0.0609. The highest BCUT2D eigenvalue weighted by Gasteiger charge is 2.34. The van der Waals surface area contributed by atoms with Crippen molar-refractivity contribution in [3.8, 4) is 11.5 Å². The normalized spacial score (nSPS) is 14.5. The first-order valence-corrected chi connectivity index (χ1v) is 8.05. The number of aliphatic hydroxyl groups excluding tert-OH is 1. The Morgan fingerprint density at radius 2 is 1.96 bits per heavy atom. The van der Waals surface area contributed by atoms with E-state index in [1.54, 1.807) is 31.2 Å². The van der Waals surface area contributed by atoms with Crippen molar-refractivity contribution in [1.82, 2.24) is 5.16 Å². The molecule has 1 heterocycles. The lowest BCUT2D eigenvalue weighted by Gasteiger charge is -2.28. The van der Waals surface area contributed by atoms with Gasteiger partial charge < -0.3 is 19.1 Å². The Labute approximate surface area is 146 Å². The topological polar surface area (TPSA) is 93.8 Å². The molecule has 2 aromatic rings. The highest BCUT2D eigenvalue weighted by molar-refractivity contribution is 6.07. The Bertz CT molecular complexity index is 719. The van der Waals surface area contributed by atoms with Gasteiger partial charge in [0.1, 0.15) is 17.1 Å². The second-order valence-corrected chi connectivity index (χ2v) is 6.02. The van der Waals surface area contributed by atoms with Gasteiger partial charge >= 0.3 is 0 Å². The number of hydrogen-bond acceptors (Lipinski definition) is 6. The van der Waals surface area contributed by atoms with Crippen LogP contribution < -0.4 is 14.8 Å². The number of carbonyl (C=O) groups is 1. The number of rotatable bonds is 7. The fraction of sp³-hybridized carbons (Fsp3) is 0.444. The lowest BCUT2D eigenvalue weighted by atomic mass is 9.79. The van der Waals surface area contributed by atoms with Gasteiger partial charge in [-0.15, -0.1) is 0 Å². The van der Waals surface area contributed by atoms with Crippen LogP contribution in [0, 0.1) is 0 Å². The molecule has 0 aliphatic carbocycles. The number of nitrogens with one attached hydrogen (secondary N) is 1. The minimum atomic E-state index is -0.611. The molecule has 1 amide bonds. The Morgan fingerprint density at radius 1 is 1.36 bits per heavy atom. The number of ether oxygens (including phenoxy) is 2. The van der Waals surface area contributed by atoms with E-state index in [2.05, 4.69) is 10.5 Å². The molecular formula is C18H24N2O5. The Hall–Kier alpha value is -2.54. The summed E-state index contributed by atoms with van der Waals surface area (Å²) in [5.74, 6) is 0.526. The number of benzene rings is 1. The minimum absolute atomic E-state index is 0.188. The van der Waals surface area contributed by atoms with Crippen LogP contribution in [0.2, 0.25) is 0 Å². The summed E-state index contributed by atoms with van der Waals surface area (Å²) in [5, 5.41) is 16.7. The molecule has 0 fully saturated rings. The molecule has 2 unspecified atom stereocenters. The molecule has 0 radical (unpaired) electrons. The maximum absolute atomic E-state index is 12.6. The SMILES string of the molecule is CCC(C)(c1cc(NC(=O)c2c(OC)cccc2OC)on1)C(C)O. The smallest absolute Gasteiger partial charge is 0.265 e. The Balaban J connectivity index is 2.29. The van der Waals surface area contributed by atoms with Crippen LogP contribution in [-0.4, -0.2) is 36.5 Å². The molecular weight excluding hydrogens is 324 g/mol. The van der Waals surface area contributed by atoms with Crippen LogP contribution in [0.3, 0.4) is 0 Å². The van der Waals surface area contributed by atoms with Crippen LogP contribution >= 0.6 is 0 Å². The van der Waals surface area contributed by atoms with Crippen LogP contribution in [0.15, 0.2) is 28.8 Å². The minimum Gasteiger partial charge on any atom is -0.496 e. The summed E-state index contributed by atoms with van der Waals surface area (Å²) in [6, 6.07) is 6.70. The molecule has 25 heavy (non-hydrogen) atoms. The third-order valence-electron chi connectivity index (χ3n) is 4.64. The molecule has 0 bridgehead atoms. The van der Waals surface area contributed by atoms with E-state index in [4.69, 9.17) is 14.0 Å². The van der Waals surface area contributed by atoms with Gasteiger partial charge in [0.05, 0.1) is 26.0 Å². The molecule has 0 saturated heterocycles. The first-order valence-electron chi connectivity index (χ1n) is 8.05. The summed E-state index contributed by atoms with van der Waals surface area (Å²) in [6.45, 7) is 5.56. The third kappa shape index (κ3) is 3.61. The number of nitrogens with zero attached hydrogens (tertiary/aromatic N) is 1. The molecule has 0 saturated carbocycles. The van der Waals surface area contributed by atoms with E-state index >= 15 is 0 Å². The zero-order valence-corrected chi connectivity index (χ0v) is 15.1. The van der Waals surface area contributed by atoms with Gasteiger partial charge in [-0.3, -0.25) is 10.1 Å². The molecule has 2 N–H and O–H groups in total. The third-order valence-corrected chi connectivity index (χ3v) is 4.64. The van der Waals surface area contributed by atoms with Gasteiger partial charge in [0.25, 0.3) is 5.91 Å². The van der Waals surface area contributed by atoms with Crippen LogP contribution in [0.4, 0.5) is 5.88 Å². The van der Waals surface area contributed by atoms with Crippen LogP contribution in [0.1, 0.15) is 43.2 Å². The highest BCUT2D eigenvalue weighted by atomic mass is 16.5. The van der Waals surface area contributed by atoms with Crippen molar-refractivity contribution < 1.29 is 23.9 Å². The van der Waals surface area contributed by atoms with E-state index in [0.29, 0.717) is 23.6 Å². The Morgan fingerprint density at radius 3 is 2.44 bits per heavy atom. The van der Waals surface area contributed by atoms with Crippen molar-refractivity contribution in [1.29, 1.82) is 0 Å². The van der Waals surface area contributed by atoms with E-state index in [9.17, 15) is 9.90 Å². The number of methoxy groups -OCH3 is 2. The summed E-state index contributed by atoms with van der Waals surface area (Å²) in [4.78, 5) is 12.6. The average Bonchev–Trinajstić information content (AvgIpc) is 3.08. The van der Waals surface area contributed by atoms with E-state index in [0.717, 1.165) is 0 Å². The largest absolute Gasteiger partial charge is 0.496 e. The van der Waals surface area contributed by atoms with Gasteiger partial charge in [0.2, 0.25) is 5.88 Å². The van der Waals surface area contributed by atoms with E-state index in [-0.39, 0.29) is 11.4 Å². The van der Waals surface area contributed by atoms with Crippen LogP contribution in [-0.2, 0) is 5.41 Å². The molecule has 136 valence electrons. The summed E-state index contributed by atoms with van der Waals surface area (Å²) >= 11 is 0. The second-order valence-electron chi connectivity index (χ2n) is 6.02. The number of aromatic nitrogens is 1. The molecule has 2 rings (SSSR count). The lowest BCUT2D eigenvalue weighted by molar-refractivity contribution is 0.0987. The monoisotopic (exact) mass is 348 g/mol. The maximum Gasteiger partial charge on any atom is 0.265 e. The molecule has 7 nitrogen and oxygen atoms in total. The van der Waals surface area contributed by atoms with Gasteiger partial charge in [-0.1, -0.05) is 25.1 Å². The van der Waals surface area contributed by atoms with E-state index in [1.165, 1.54) is 14.2 Å². The van der Waals surface area contributed by atoms with Gasteiger partial charge in [0, 0.05) is 11.5 Å². The predicted octanol–water partition coefficient (Wildman–Crippen LogP) is 2.99. The van der Waals surface area contributed by atoms with Crippen molar-refractivity contribution in [2.45, 2.75) is 38.7 Å². The summed E-state index contributed by atoms with van der Waals surface area (Å²) in [5.41, 5.74) is 0.278. The molecule has 0 aliphatic heterocycles. The molecule has 7 heteroatoms. The Kier molecular flexibility index (Phi) is 5.69. The quantitative estimate of drug-likeness (QED) is 0.799. The standard InChI is InChI=1S/C18H24N2O5/c1-6-18(3,11(2)21)14-10-15(25-20-14)19-17(22)16-12(23-4)8-7-9-13(16)24-5/h7-11,21H,6H2,1-5H3,(H,19,22). The van der Waals surface area contributed by atoms with Gasteiger partial charge in [-0.25, -0.2) is 0 Å². The number of hydrogen-bond donors (Lipinski definition) is 2. The zero-order chi connectivity index (χ0) is 18.6.